The van der Waals surface area contributed by atoms with Gasteiger partial charge in [0.25, 0.3) is 0 Å². The Morgan fingerprint density at radius 1 is 1.19 bits per heavy atom. The molecular weight excluding hydrogens is 308 g/mol. The zero-order valence-electron chi connectivity index (χ0n) is 10.7. The van der Waals surface area contributed by atoms with Crippen molar-refractivity contribution in [3.05, 3.63) is 52.7 Å². The minimum absolute atomic E-state index is 0.131. The fourth-order valence-electron chi connectivity index (χ4n) is 1.74. The van der Waals surface area contributed by atoms with Gasteiger partial charge in [0.1, 0.15) is 10.8 Å². The van der Waals surface area contributed by atoms with E-state index < -0.39 is 10.8 Å². The lowest BCUT2D eigenvalue weighted by Gasteiger charge is -2.03. The number of thiophene rings is 1. The Hall–Kier alpha value is -2.19. The Balaban J connectivity index is 1.83. The summed E-state index contributed by atoms with van der Waals surface area (Å²) >= 11 is 1.33. The lowest BCUT2D eigenvalue weighted by molar-refractivity contribution is 0.102. The molecule has 0 bridgehead atoms. The molecule has 3 rings (SSSR count). The van der Waals surface area contributed by atoms with E-state index in [1.807, 2.05) is 23.6 Å². The van der Waals surface area contributed by atoms with Crippen molar-refractivity contribution in [3.8, 4) is 5.69 Å². The number of carbonyl (C=O) groups is 1. The number of carbonyl (C=O) groups excluding carboxylic acids is 1. The molecule has 21 heavy (non-hydrogen) atoms. The van der Waals surface area contributed by atoms with Crippen LogP contribution in [-0.4, -0.2) is 36.0 Å². The number of benzene rings is 1. The van der Waals surface area contributed by atoms with Crippen molar-refractivity contribution in [2.75, 3.05) is 5.75 Å². The van der Waals surface area contributed by atoms with Crippen LogP contribution in [0.15, 0.2) is 53.0 Å². The Kier molecular flexibility index (Phi) is 3.98. The summed E-state index contributed by atoms with van der Waals surface area (Å²) in [6.45, 7) is 0. The van der Waals surface area contributed by atoms with Crippen LogP contribution in [0.4, 0.5) is 0 Å². The van der Waals surface area contributed by atoms with Gasteiger partial charge < -0.3 is 0 Å². The predicted molar refractivity (Wildman–Crippen MR) is 79.1 cm³/mol. The number of tetrazole rings is 1. The van der Waals surface area contributed by atoms with Crippen LogP contribution >= 0.6 is 11.3 Å². The Labute approximate surface area is 126 Å². The summed E-state index contributed by atoms with van der Waals surface area (Å²) in [5, 5.41) is 13.1. The first-order chi connectivity index (χ1) is 10.3. The SMILES string of the molecule is O=C(CS(=O)c1nnnn1-c1ccccc1)c1cccs1. The van der Waals surface area contributed by atoms with Gasteiger partial charge in [-0.15, -0.1) is 11.3 Å². The molecule has 3 aromatic rings. The molecule has 8 heteroatoms. The summed E-state index contributed by atoms with van der Waals surface area (Å²) in [4.78, 5) is 12.6. The van der Waals surface area contributed by atoms with Crippen LogP contribution in [0.2, 0.25) is 0 Å². The number of ketones is 1. The standard InChI is InChI=1S/C13H10N4O2S2/c18-11(12-7-4-8-20-12)9-21(19)13-14-15-16-17(13)10-5-2-1-3-6-10/h1-8H,9H2. The lowest BCUT2D eigenvalue weighted by atomic mass is 10.3. The highest BCUT2D eigenvalue weighted by molar-refractivity contribution is 7.85. The first-order valence-corrected chi connectivity index (χ1v) is 8.24. The third kappa shape index (κ3) is 2.96. The van der Waals surface area contributed by atoms with E-state index in [1.165, 1.54) is 16.0 Å². The van der Waals surface area contributed by atoms with Gasteiger partial charge in [-0.1, -0.05) is 29.4 Å². The molecule has 0 aliphatic carbocycles. The maximum Gasteiger partial charge on any atom is 0.244 e. The van der Waals surface area contributed by atoms with Gasteiger partial charge in [-0.25, -0.2) is 0 Å². The molecule has 0 amide bonds. The van der Waals surface area contributed by atoms with Crippen molar-refractivity contribution in [1.82, 2.24) is 20.2 Å². The molecule has 0 saturated heterocycles. The number of para-hydroxylation sites is 1. The molecule has 2 aromatic heterocycles. The van der Waals surface area contributed by atoms with Crippen LogP contribution < -0.4 is 0 Å². The number of Topliss-reactive ketones (excluding diaryl/α,β-unsaturated/α-hetero) is 1. The minimum atomic E-state index is -1.60. The van der Waals surface area contributed by atoms with Crippen LogP contribution in [0.1, 0.15) is 9.67 Å². The third-order valence-electron chi connectivity index (χ3n) is 2.70. The normalized spacial score (nSPS) is 12.2. The van der Waals surface area contributed by atoms with Crippen LogP contribution in [0.25, 0.3) is 5.69 Å². The van der Waals surface area contributed by atoms with E-state index in [0.717, 1.165) is 0 Å². The van der Waals surface area contributed by atoms with Gasteiger partial charge in [0.15, 0.2) is 5.78 Å². The van der Waals surface area contributed by atoms with Crippen LogP contribution in [0.5, 0.6) is 0 Å². The number of nitrogens with zero attached hydrogens (tertiary/aromatic N) is 4. The van der Waals surface area contributed by atoms with E-state index in [-0.39, 0.29) is 16.7 Å². The van der Waals surface area contributed by atoms with E-state index >= 15 is 0 Å². The van der Waals surface area contributed by atoms with E-state index in [0.29, 0.717) is 10.6 Å². The largest absolute Gasteiger partial charge is 0.292 e. The van der Waals surface area contributed by atoms with E-state index in [2.05, 4.69) is 15.5 Å². The lowest BCUT2D eigenvalue weighted by Crippen LogP contribution is -2.14. The van der Waals surface area contributed by atoms with Gasteiger partial charge in [0, 0.05) is 0 Å². The fraction of sp³-hybridized carbons (Fsp3) is 0.0769. The molecule has 0 radical (unpaired) electrons. The fourth-order valence-corrected chi connectivity index (χ4v) is 3.49. The molecule has 1 aromatic carbocycles. The van der Waals surface area contributed by atoms with E-state index in [1.54, 1.807) is 24.3 Å². The van der Waals surface area contributed by atoms with Crippen LogP contribution in [-0.2, 0) is 10.8 Å². The highest BCUT2D eigenvalue weighted by atomic mass is 32.2. The molecule has 2 heterocycles. The molecule has 0 fully saturated rings. The average molecular weight is 318 g/mol. The number of aromatic nitrogens is 4. The van der Waals surface area contributed by atoms with Gasteiger partial charge >= 0.3 is 0 Å². The van der Waals surface area contributed by atoms with E-state index in [4.69, 9.17) is 0 Å². The summed E-state index contributed by atoms with van der Waals surface area (Å²) < 4.78 is 13.7. The second-order valence-electron chi connectivity index (χ2n) is 4.10. The molecule has 106 valence electrons. The maximum atomic E-state index is 12.3. The molecule has 6 nitrogen and oxygen atoms in total. The molecular formula is C13H10N4O2S2. The topological polar surface area (TPSA) is 77.7 Å². The summed E-state index contributed by atoms with van der Waals surface area (Å²) in [5.41, 5.74) is 0.703. The molecule has 1 unspecified atom stereocenters. The molecule has 0 N–H and O–H groups in total. The van der Waals surface area contributed by atoms with E-state index in [9.17, 15) is 9.00 Å². The Bertz CT molecular complexity index is 769. The Morgan fingerprint density at radius 3 is 2.71 bits per heavy atom. The highest BCUT2D eigenvalue weighted by Gasteiger charge is 2.19. The summed E-state index contributed by atoms with van der Waals surface area (Å²) in [5.74, 6) is -0.306. The van der Waals surface area contributed by atoms with Gasteiger partial charge in [-0.2, -0.15) is 4.68 Å². The zero-order valence-corrected chi connectivity index (χ0v) is 12.4. The molecule has 0 saturated carbocycles. The molecule has 0 spiro atoms. The molecule has 0 aliphatic rings. The number of rotatable bonds is 5. The first-order valence-electron chi connectivity index (χ1n) is 6.04. The zero-order chi connectivity index (χ0) is 14.7. The van der Waals surface area contributed by atoms with Gasteiger partial charge in [-0.3, -0.25) is 9.00 Å². The van der Waals surface area contributed by atoms with Gasteiger partial charge in [0.05, 0.1) is 16.3 Å². The van der Waals surface area contributed by atoms with Crippen molar-refractivity contribution >= 4 is 27.9 Å². The van der Waals surface area contributed by atoms with Crippen molar-refractivity contribution in [2.24, 2.45) is 0 Å². The summed E-state index contributed by atoms with van der Waals surface area (Å²) in [6.07, 6.45) is 0. The minimum Gasteiger partial charge on any atom is -0.292 e. The average Bonchev–Trinajstić information content (AvgIpc) is 3.19. The monoisotopic (exact) mass is 318 g/mol. The molecule has 1 atom stereocenters. The van der Waals surface area contributed by atoms with Crippen molar-refractivity contribution in [2.45, 2.75) is 5.16 Å². The van der Waals surface area contributed by atoms with Crippen molar-refractivity contribution in [1.29, 1.82) is 0 Å². The quantitative estimate of drug-likeness (QED) is 0.669. The first kappa shape index (κ1) is 13.8. The number of hydrogen-bond donors (Lipinski definition) is 0. The second-order valence-corrected chi connectivity index (χ2v) is 6.39. The second kappa shape index (κ2) is 6.06. The van der Waals surface area contributed by atoms with Crippen molar-refractivity contribution in [3.63, 3.8) is 0 Å². The van der Waals surface area contributed by atoms with Gasteiger partial charge in [0.2, 0.25) is 5.16 Å². The molecule has 0 aliphatic heterocycles. The third-order valence-corrected chi connectivity index (χ3v) is 4.80. The summed E-state index contributed by atoms with van der Waals surface area (Å²) in [7, 11) is -1.60. The Morgan fingerprint density at radius 2 is 2.00 bits per heavy atom. The maximum absolute atomic E-state index is 12.3. The van der Waals surface area contributed by atoms with Crippen molar-refractivity contribution < 1.29 is 9.00 Å². The van der Waals surface area contributed by atoms with Gasteiger partial charge in [-0.05, 0) is 34.0 Å². The predicted octanol–water partition coefficient (Wildman–Crippen LogP) is 1.71. The van der Waals surface area contributed by atoms with Crippen LogP contribution in [0, 0.1) is 0 Å². The number of hydrogen-bond acceptors (Lipinski definition) is 6. The highest BCUT2D eigenvalue weighted by Crippen LogP contribution is 2.14. The smallest absolute Gasteiger partial charge is 0.244 e. The summed E-state index contributed by atoms with van der Waals surface area (Å²) in [6, 6.07) is 12.6. The van der Waals surface area contributed by atoms with Crippen LogP contribution in [0.3, 0.4) is 0 Å².